The number of carbonyl (C=O) groups excluding carboxylic acids is 1. The maximum absolute atomic E-state index is 11.1. The lowest BCUT2D eigenvalue weighted by Crippen LogP contribution is -2.26. The van der Waals surface area contributed by atoms with E-state index in [1.165, 1.54) is 4.90 Å². The van der Waals surface area contributed by atoms with Crippen LogP contribution < -0.4 is 0 Å². The maximum Gasteiger partial charge on any atom is 0.409 e. The van der Waals surface area contributed by atoms with Gasteiger partial charge in [0.05, 0.1) is 19.3 Å². The molecule has 0 atom stereocenters. The highest BCUT2D eigenvalue weighted by molar-refractivity contribution is 5.67. The molecule has 0 radical (unpaired) electrons. The topological polar surface area (TPSA) is 58.2 Å². The summed E-state index contributed by atoms with van der Waals surface area (Å²) in [4.78, 5) is 12.6. The number of nitrogens with one attached hydrogen (secondary N) is 1. The van der Waals surface area contributed by atoms with E-state index >= 15 is 0 Å². The number of nitrogens with zero attached hydrogens (tertiary/aromatic N) is 2. The second kappa shape index (κ2) is 4.49. The Balaban J connectivity index is 2.41. The summed E-state index contributed by atoms with van der Waals surface area (Å²) in [5.41, 5.74) is 0.954. The van der Waals surface area contributed by atoms with Crippen molar-refractivity contribution in [3.8, 4) is 0 Å². The Labute approximate surface area is 76.7 Å². The summed E-state index contributed by atoms with van der Waals surface area (Å²) in [7, 11) is 1.69. The molecule has 0 aliphatic carbocycles. The number of carbonyl (C=O) groups is 1. The number of rotatable bonds is 3. The van der Waals surface area contributed by atoms with Crippen molar-refractivity contribution in [2.24, 2.45) is 0 Å². The normalized spacial score (nSPS) is 9.69. The summed E-state index contributed by atoms with van der Waals surface area (Å²) in [6, 6.07) is 0. The SMILES string of the molecule is CCOC(=O)N(C)Cc1cn[nH]c1. The van der Waals surface area contributed by atoms with E-state index in [-0.39, 0.29) is 6.09 Å². The van der Waals surface area contributed by atoms with Crippen LogP contribution in [0.5, 0.6) is 0 Å². The van der Waals surface area contributed by atoms with Crippen LogP contribution in [-0.2, 0) is 11.3 Å². The molecule has 72 valence electrons. The zero-order valence-corrected chi connectivity index (χ0v) is 7.78. The Hall–Kier alpha value is -1.52. The number of ether oxygens (including phenoxy) is 1. The van der Waals surface area contributed by atoms with Gasteiger partial charge in [-0.25, -0.2) is 4.79 Å². The molecule has 13 heavy (non-hydrogen) atoms. The van der Waals surface area contributed by atoms with Gasteiger partial charge in [-0.2, -0.15) is 5.10 Å². The van der Waals surface area contributed by atoms with Crippen molar-refractivity contribution in [2.75, 3.05) is 13.7 Å². The zero-order valence-electron chi connectivity index (χ0n) is 7.78. The van der Waals surface area contributed by atoms with Crippen LogP contribution >= 0.6 is 0 Å². The Morgan fingerprint density at radius 1 is 1.77 bits per heavy atom. The largest absolute Gasteiger partial charge is 0.450 e. The van der Waals surface area contributed by atoms with Gasteiger partial charge in [-0.15, -0.1) is 0 Å². The fraction of sp³-hybridized carbons (Fsp3) is 0.500. The van der Waals surface area contributed by atoms with Crippen LogP contribution in [0.2, 0.25) is 0 Å². The van der Waals surface area contributed by atoms with Crippen LogP contribution in [0.4, 0.5) is 4.79 Å². The van der Waals surface area contributed by atoms with Gasteiger partial charge in [0.25, 0.3) is 0 Å². The zero-order chi connectivity index (χ0) is 9.68. The second-order valence-corrected chi connectivity index (χ2v) is 2.66. The van der Waals surface area contributed by atoms with E-state index < -0.39 is 0 Å². The first-order chi connectivity index (χ1) is 6.24. The van der Waals surface area contributed by atoms with Gasteiger partial charge < -0.3 is 9.64 Å². The first-order valence-electron chi connectivity index (χ1n) is 4.09. The summed E-state index contributed by atoms with van der Waals surface area (Å²) >= 11 is 0. The first kappa shape index (κ1) is 9.57. The van der Waals surface area contributed by atoms with Crippen molar-refractivity contribution in [3.05, 3.63) is 18.0 Å². The predicted octanol–water partition coefficient (Wildman–Crippen LogP) is 0.998. The minimum Gasteiger partial charge on any atom is -0.450 e. The van der Waals surface area contributed by atoms with Gasteiger partial charge in [0.15, 0.2) is 0 Å². The highest BCUT2D eigenvalue weighted by Gasteiger charge is 2.09. The van der Waals surface area contributed by atoms with Crippen molar-refractivity contribution in [1.82, 2.24) is 15.1 Å². The molecule has 1 amide bonds. The molecule has 0 aliphatic rings. The third-order valence-electron chi connectivity index (χ3n) is 1.55. The van der Waals surface area contributed by atoms with Gasteiger partial charge in [0.1, 0.15) is 0 Å². The molecule has 5 heteroatoms. The van der Waals surface area contributed by atoms with Gasteiger partial charge in [-0.1, -0.05) is 0 Å². The Kier molecular flexibility index (Phi) is 3.31. The van der Waals surface area contributed by atoms with Crippen molar-refractivity contribution in [2.45, 2.75) is 13.5 Å². The lowest BCUT2D eigenvalue weighted by molar-refractivity contribution is 0.114. The number of hydrogen-bond acceptors (Lipinski definition) is 3. The van der Waals surface area contributed by atoms with Crippen molar-refractivity contribution in [1.29, 1.82) is 0 Å². The number of aromatic amines is 1. The second-order valence-electron chi connectivity index (χ2n) is 2.66. The van der Waals surface area contributed by atoms with Crippen molar-refractivity contribution >= 4 is 6.09 Å². The number of hydrogen-bond donors (Lipinski definition) is 1. The van der Waals surface area contributed by atoms with Crippen LogP contribution in [0.3, 0.4) is 0 Å². The van der Waals surface area contributed by atoms with Crippen molar-refractivity contribution < 1.29 is 9.53 Å². The van der Waals surface area contributed by atoms with Gasteiger partial charge >= 0.3 is 6.09 Å². The first-order valence-corrected chi connectivity index (χ1v) is 4.09. The van der Waals surface area contributed by atoms with E-state index in [2.05, 4.69) is 10.2 Å². The molecule has 0 fully saturated rings. The number of aromatic nitrogens is 2. The Morgan fingerprint density at radius 3 is 3.08 bits per heavy atom. The maximum atomic E-state index is 11.1. The lowest BCUT2D eigenvalue weighted by atomic mass is 10.3. The molecule has 0 saturated heterocycles. The summed E-state index contributed by atoms with van der Waals surface area (Å²) in [5.74, 6) is 0. The number of amides is 1. The highest BCUT2D eigenvalue weighted by atomic mass is 16.5. The van der Waals surface area contributed by atoms with Gasteiger partial charge in [-0.3, -0.25) is 5.10 Å². The molecule has 1 rings (SSSR count). The van der Waals surface area contributed by atoms with Gasteiger partial charge in [0.2, 0.25) is 0 Å². The predicted molar refractivity (Wildman–Crippen MR) is 47.1 cm³/mol. The van der Waals surface area contributed by atoms with Crippen LogP contribution in [0.1, 0.15) is 12.5 Å². The molecule has 1 N–H and O–H groups in total. The molecule has 5 nitrogen and oxygen atoms in total. The van der Waals surface area contributed by atoms with E-state index in [0.29, 0.717) is 13.2 Å². The minimum absolute atomic E-state index is 0.316. The highest BCUT2D eigenvalue weighted by Crippen LogP contribution is 2.00. The molecule has 0 aromatic carbocycles. The van der Waals surface area contributed by atoms with Crippen molar-refractivity contribution in [3.63, 3.8) is 0 Å². The monoisotopic (exact) mass is 183 g/mol. The van der Waals surface area contributed by atoms with Crippen LogP contribution in [0.25, 0.3) is 0 Å². The third kappa shape index (κ3) is 2.77. The molecular formula is C8H13N3O2. The molecule has 1 heterocycles. The molecular weight excluding hydrogens is 170 g/mol. The van der Waals surface area contributed by atoms with E-state index in [9.17, 15) is 4.79 Å². The van der Waals surface area contributed by atoms with Crippen LogP contribution in [-0.4, -0.2) is 34.8 Å². The van der Waals surface area contributed by atoms with Crippen LogP contribution in [0, 0.1) is 0 Å². The van der Waals surface area contributed by atoms with E-state index in [1.807, 2.05) is 0 Å². The molecule has 0 spiro atoms. The van der Waals surface area contributed by atoms with E-state index in [1.54, 1.807) is 26.4 Å². The van der Waals surface area contributed by atoms with E-state index in [0.717, 1.165) is 5.56 Å². The Bertz CT molecular complexity index is 258. The van der Waals surface area contributed by atoms with Gasteiger partial charge in [0, 0.05) is 18.8 Å². The fourth-order valence-electron chi connectivity index (χ4n) is 0.936. The average Bonchev–Trinajstić information content (AvgIpc) is 2.57. The van der Waals surface area contributed by atoms with E-state index in [4.69, 9.17) is 4.74 Å². The molecule has 1 aromatic heterocycles. The lowest BCUT2D eigenvalue weighted by Gasteiger charge is -2.14. The molecule has 0 saturated carbocycles. The summed E-state index contributed by atoms with van der Waals surface area (Å²) < 4.78 is 4.81. The third-order valence-corrected chi connectivity index (χ3v) is 1.55. The summed E-state index contributed by atoms with van der Waals surface area (Å²) in [6.45, 7) is 2.69. The summed E-state index contributed by atoms with van der Waals surface area (Å²) in [5, 5.41) is 6.45. The number of H-pyrrole nitrogens is 1. The fourth-order valence-corrected chi connectivity index (χ4v) is 0.936. The smallest absolute Gasteiger partial charge is 0.409 e. The summed E-state index contributed by atoms with van der Waals surface area (Å²) in [6.07, 6.45) is 3.11. The average molecular weight is 183 g/mol. The van der Waals surface area contributed by atoms with Crippen LogP contribution in [0.15, 0.2) is 12.4 Å². The Morgan fingerprint density at radius 2 is 2.54 bits per heavy atom. The van der Waals surface area contributed by atoms with Gasteiger partial charge in [-0.05, 0) is 6.92 Å². The molecule has 1 aromatic rings. The molecule has 0 aliphatic heterocycles. The quantitative estimate of drug-likeness (QED) is 0.760. The standard InChI is InChI=1S/C8H13N3O2/c1-3-13-8(12)11(2)6-7-4-9-10-5-7/h4-5H,3,6H2,1-2H3,(H,9,10). The molecule has 0 bridgehead atoms. The molecule has 0 unspecified atom stereocenters. The minimum atomic E-state index is -0.316.